The fourth-order valence-corrected chi connectivity index (χ4v) is 0.554. The Balaban J connectivity index is 0. The van der Waals surface area contributed by atoms with Gasteiger partial charge >= 0.3 is 11.9 Å². The predicted molar refractivity (Wildman–Crippen MR) is 54.0 cm³/mol. The number of ether oxygens (including phenoxy) is 1. The van der Waals surface area contributed by atoms with Crippen LogP contribution in [0.3, 0.4) is 0 Å². The minimum Gasteiger partial charge on any atom is -0.478 e. The van der Waals surface area contributed by atoms with Crippen LogP contribution in [-0.4, -0.2) is 23.7 Å². The molecule has 14 heavy (non-hydrogen) atoms. The van der Waals surface area contributed by atoms with Crippen molar-refractivity contribution in [1.29, 1.82) is 0 Å². The van der Waals surface area contributed by atoms with E-state index >= 15 is 0 Å². The van der Waals surface area contributed by atoms with Crippen LogP contribution >= 0.6 is 0 Å². The molecular formula is C10H18O4. The molecule has 0 unspecified atom stereocenters. The quantitative estimate of drug-likeness (QED) is 0.559. The minimum absolute atomic E-state index is 0.211. The van der Waals surface area contributed by atoms with Crippen LogP contribution in [0.15, 0.2) is 12.2 Å². The summed E-state index contributed by atoms with van der Waals surface area (Å²) in [6.45, 7) is 5.66. The van der Waals surface area contributed by atoms with Crippen molar-refractivity contribution in [2.75, 3.05) is 6.61 Å². The Morgan fingerprint density at radius 1 is 1.36 bits per heavy atom. The first-order chi connectivity index (χ1) is 6.54. The zero-order valence-electron chi connectivity index (χ0n) is 8.95. The molecule has 0 saturated heterocycles. The van der Waals surface area contributed by atoms with Crippen molar-refractivity contribution in [3.63, 3.8) is 0 Å². The third kappa shape index (κ3) is 22.4. The van der Waals surface area contributed by atoms with E-state index in [9.17, 15) is 9.59 Å². The van der Waals surface area contributed by atoms with Crippen molar-refractivity contribution in [3.05, 3.63) is 12.2 Å². The summed E-state index contributed by atoms with van der Waals surface area (Å²) in [7, 11) is 0. The van der Waals surface area contributed by atoms with Crippen LogP contribution in [0.4, 0.5) is 0 Å². The van der Waals surface area contributed by atoms with Crippen LogP contribution in [0.5, 0.6) is 0 Å². The number of rotatable bonds is 4. The van der Waals surface area contributed by atoms with E-state index in [4.69, 9.17) is 5.11 Å². The van der Waals surface area contributed by atoms with Crippen LogP contribution in [0.25, 0.3) is 0 Å². The lowest BCUT2D eigenvalue weighted by molar-refractivity contribution is -0.140. The number of carbonyl (C=O) groups excluding carboxylic acids is 1. The van der Waals surface area contributed by atoms with Gasteiger partial charge in [-0.15, -0.1) is 0 Å². The molecule has 0 bridgehead atoms. The molecule has 0 aromatic rings. The summed E-state index contributed by atoms with van der Waals surface area (Å²) in [5.41, 5.74) is 0. The fourth-order valence-electron chi connectivity index (χ4n) is 0.554. The van der Waals surface area contributed by atoms with Gasteiger partial charge < -0.3 is 9.84 Å². The van der Waals surface area contributed by atoms with Gasteiger partial charge in [-0.2, -0.15) is 0 Å². The molecule has 0 spiro atoms. The molecule has 0 aliphatic rings. The first-order valence-corrected chi connectivity index (χ1v) is 4.57. The number of carboxylic acid groups (broad SMARTS) is 1. The van der Waals surface area contributed by atoms with Gasteiger partial charge in [0.2, 0.25) is 0 Å². The van der Waals surface area contributed by atoms with Gasteiger partial charge in [0.15, 0.2) is 0 Å². The Kier molecular flexibility index (Phi) is 12.7. The topological polar surface area (TPSA) is 63.6 Å². The molecule has 0 aromatic carbocycles. The van der Waals surface area contributed by atoms with Gasteiger partial charge in [-0.05, 0) is 13.3 Å². The maximum atomic E-state index is 9.82. The van der Waals surface area contributed by atoms with E-state index in [0.717, 1.165) is 12.8 Å². The first-order valence-electron chi connectivity index (χ1n) is 4.57. The van der Waals surface area contributed by atoms with E-state index in [2.05, 4.69) is 4.74 Å². The number of hydrogen-bond acceptors (Lipinski definition) is 3. The molecule has 0 amide bonds. The second-order valence-electron chi connectivity index (χ2n) is 2.45. The zero-order valence-corrected chi connectivity index (χ0v) is 8.95. The Morgan fingerprint density at radius 3 is 2.14 bits per heavy atom. The lowest BCUT2D eigenvalue weighted by Crippen LogP contribution is -1.95. The highest BCUT2D eigenvalue weighted by atomic mass is 16.5. The van der Waals surface area contributed by atoms with Gasteiger partial charge in [0.05, 0.1) is 6.61 Å². The van der Waals surface area contributed by atoms with E-state index in [-0.39, 0.29) is 5.97 Å². The van der Waals surface area contributed by atoms with Crippen LogP contribution in [0, 0.1) is 0 Å². The van der Waals surface area contributed by atoms with Gasteiger partial charge in [-0.3, -0.25) is 4.79 Å². The molecule has 0 atom stereocenters. The number of carbonyl (C=O) groups is 2. The molecule has 0 rings (SSSR count). The molecule has 0 aliphatic carbocycles. The number of esters is 1. The van der Waals surface area contributed by atoms with Crippen molar-refractivity contribution in [1.82, 2.24) is 0 Å². The average Bonchev–Trinajstić information content (AvgIpc) is 2.05. The number of aliphatic carboxylic acids is 1. The lowest BCUT2D eigenvalue weighted by Gasteiger charge is -1.89. The minimum atomic E-state index is -0.863. The lowest BCUT2D eigenvalue weighted by atomic mass is 10.3. The Labute approximate surface area is 84.6 Å². The maximum absolute atomic E-state index is 9.82. The summed E-state index contributed by atoms with van der Waals surface area (Å²) < 4.78 is 4.40. The number of hydrogen-bond donors (Lipinski definition) is 1. The Bertz CT molecular complexity index is 185. The smallest absolute Gasteiger partial charge is 0.327 e. The van der Waals surface area contributed by atoms with Crippen LogP contribution in [0.2, 0.25) is 0 Å². The van der Waals surface area contributed by atoms with E-state index in [0.29, 0.717) is 6.61 Å². The number of allylic oxidation sites excluding steroid dienone is 1. The van der Waals surface area contributed by atoms with Gasteiger partial charge in [0.25, 0.3) is 0 Å². The highest BCUT2D eigenvalue weighted by Gasteiger charge is 1.82. The Hall–Kier alpha value is -1.32. The largest absolute Gasteiger partial charge is 0.478 e. The fraction of sp³-hybridized carbons (Fsp3) is 0.600. The second-order valence-corrected chi connectivity index (χ2v) is 2.45. The normalized spacial score (nSPS) is 9.07. The third-order valence-electron chi connectivity index (χ3n) is 1.06. The third-order valence-corrected chi connectivity index (χ3v) is 1.06. The highest BCUT2D eigenvalue weighted by Crippen LogP contribution is 1.86. The molecule has 0 aromatic heterocycles. The summed E-state index contributed by atoms with van der Waals surface area (Å²) in [4.78, 5) is 19.6. The van der Waals surface area contributed by atoms with Crippen molar-refractivity contribution >= 4 is 11.9 Å². The molecule has 0 heterocycles. The molecule has 4 nitrogen and oxygen atoms in total. The summed E-state index contributed by atoms with van der Waals surface area (Å²) in [5, 5.41) is 8.05. The van der Waals surface area contributed by atoms with Gasteiger partial charge in [-0.25, -0.2) is 4.79 Å². The van der Waals surface area contributed by atoms with E-state index in [1.54, 1.807) is 13.0 Å². The van der Waals surface area contributed by atoms with Gasteiger partial charge in [0, 0.05) is 13.0 Å². The SMILES string of the molecule is CCCC=CC(=O)O.CCOC(C)=O. The summed E-state index contributed by atoms with van der Waals surface area (Å²) >= 11 is 0. The molecule has 82 valence electrons. The van der Waals surface area contributed by atoms with E-state index in [1.807, 2.05) is 6.92 Å². The first kappa shape index (κ1) is 15.2. The number of unbranched alkanes of at least 4 members (excludes halogenated alkanes) is 1. The van der Waals surface area contributed by atoms with Gasteiger partial charge in [0.1, 0.15) is 0 Å². The molecule has 0 radical (unpaired) electrons. The zero-order chi connectivity index (χ0) is 11.4. The molecule has 0 aliphatic heterocycles. The van der Waals surface area contributed by atoms with Crippen LogP contribution < -0.4 is 0 Å². The van der Waals surface area contributed by atoms with Crippen molar-refractivity contribution in [2.24, 2.45) is 0 Å². The summed E-state index contributed by atoms with van der Waals surface area (Å²) in [5.74, 6) is -1.07. The average molecular weight is 202 g/mol. The summed E-state index contributed by atoms with van der Waals surface area (Å²) in [6.07, 6.45) is 4.68. The second kappa shape index (κ2) is 11.7. The van der Waals surface area contributed by atoms with Crippen molar-refractivity contribution in [3.8, 4) is 0 Å². The molecule has 1 N–H and O–H groups in total. The maximum Gasteiger partial charge on any atom is 0.327 e. The summed E-state index contributed by atoms with van der Waals surface area (Å²) in [6, 6.07) is 0. The standard InChI is InChI=1S/C6H10O2.C4H8O2/c1-2-3-4-5-6(7)8;1-3-6-4(2)5/h4-5H,2-3H2,1H3,(H,7,8);3H2,1-2H3. The van der Waals surface area contributed by atoms with Crippen LogP contribution in [0.1, 0.15) is 33.6 Å². The Morgan fingerprint density at radius 2 is 1.93 bits per heavy atom. The molecule has 4 heteroatoms. The van der Waals surface area contributed by atoms with Crippen molar-refractivity contribution in [2.45, 2.75) is 33.6 Å². The molecule has 0 fully saturated rings. The monoisotopic (exact) mass is 202 g/mol. The predicted octanol–water partition coefficient (Wildman–Crippen LogP) is 2.00. The van der Waals surface area contributed by atoms with Gasteiger partial charge in [-0.1, -0.05) is 19.4 Å². The molecular weight excluding hydrogens is 184 g/mol. The van der Waals surface area contributed by atoms with Crippen LogP contribution in [-0.2, 0) is 14.3 Å². The molecule has 0 saturated carbocycles. The van der Waals surface area contributed by atoms with Crippen molar-refractivity contribution < 1.29 is 19.4 Å². The van der Waals surface area contributed by atoms with E-state index < -0.39 is 5.97 Å². The van der Waals surface area contributed by atoms with E-state index in [1.165, 1.54) is 13.0 Å². The number of carboxylic acids is 1. The highest BCUT2D eigenvalue weighted by molar-refractivity contribution is 5.79.